The van der Waals surface area contributed by atoms with Crippen LogP contribution < -0.4 is 0 Å². The molecule has 1 aromatic rings. The molecule has 2 heteroatoms. The van der Waals surface area contributed by atoms with Gasteiger partial charge in [0, 0.05) is 0 Å². The number of benzene rings is 1. The zero-order chi connectivity index (χ0) is 7.82. The molecular weight excluding hydrogens is 197 g/mol. The predicted octanol–water partition coefficient (Wildman–Crippen LogP) is 2.82. The second kappa shape index (κ2) is 6.99. The number of hydrogen-bond acceptors (Lipinski definition) is 0. The van der Waals surface area contributed by atoms with Crippen LogP contribution in [0.25, 0.3) is 6.08 Å². The van der Waals surface area contributed by atoms with Crippen molar-refractivity contribution in [2.45, 2.75) is 0 Å². The van der Waals surface area contributed by atoms with Crippen molar-refractivity contribution in [1.29, 1.82) is 0 Å². The standard InChI is InChI=1S/C8H7.ClH.Zn/c1-2-8-6-4-3-5-7-8;;/h1-7H;1H;/q-1;;+2/p-1. The van der Waals surface area contributed by atoms with E-state index in [1.54, 1.807) is 6.08 Å². The van der Waals surface area contributed by atoms with Gasteiger partial charge in [-0.1, -0.05) is 18.2 Å². The summed E-state index contributed by atoms with van der Waals surface area (Å²) in [7, 11) is 4.76. The van der Waals surface area contributed by atoms with Gasteiger partial charge in [0.25, 0.3) is 0 Å². The Morgan fingerprint density at radius 2 is 1.70 bits per heavy atom. The Labute approximate surface area is 75.6 Å². The van der Waals surface area contributed by atoms with Gasteiger partial charge in [0.15, 0.2) is 0 Å². The topological polar surface area (TPSA) is 0 Å². The monoisotopic (exact) mass is 202 g/mol. The molecule has 0 radical (unpaired) electrons. The van der Waals surface area contributed by atoms with E-state index in [-0.39, 0.29) is 0 Å². The molecule has 0 spiro atoms. The molecule has 0 saturated carbocycles. The minimum absolute atomic E-state index is 0.847. The van der Waals surface area contributed by atoms with Gasteiger partial charge in [-0.05, 0) is 0 Å². The zero-order valence-electron chi connectivity index (χ0n) is 5.63. The molecular formula is C8H7ClZn. The SMILES string of the molecule is [CH-]=Cc1ccccc1.[Cl][Zn+]. The molecule has 0 atom stereocenters. The molecule has 0 aliphatic rings. The molecule has 0 aliphatic carbocycles. The average molecular weight is 204 g/mol. The summed E-state index contributed by atoms with van der Waals surface area (Å²) in [5.74, 6) is 0. The van der Waals surface area contributed by atoms with Gasteiger partial charge in [0.1, 0.15) is 0 Å². The molecule has 0 aromatic heterocycles. The minimum atomic E-state index is 0.847. The fraction of sp³-hybridized carbons (Fsp3) is 0. The first-order valence-corrected chi connectivity index (χ1v) is 6.70. The van der Waals surface area contributed by atoms with Crippen LogP contribution in [0, 0.1) is 6.58 Å². The van der Waals surface area contributed by atoms with Gasteiger partial charge in [0.05, 0.1) is 0 Å². The van der Waals surface area contributed by atoms with E-state index in [9.17, 15) is 0 Å². The normalized spacial score (nSPS) is 7.50. The van der Waals surface area contributed by atoms with Crippen LogP contribution in [0.15, 0.2) is 30.3 Å². The summed E-state index contributed by atoms with van der Waals surface area (Å²) < 4.78 is 0. The Morgan fingerprint density at radius 1 is 1.20 bits per heavy atom. The summed E-state index contributed by atoms with van der Waals surface area (Å²) in [4.78, 5) is 0. The molecule has 0 amide bonds. The van der Waals surface area contributed by atoms with E-state index in [2.05, 4.69) is 0 Å². The summed E-state index contributed by atoms with van der Waals surface area (Å²) in [6, 6.07) is 9.80. The molecule has 1 aromatic carbocycles. The molecule has 0 bridgehead atoms. The summed E-state index contributed by atoms with van der Waals surface area (Å²) in [5.41, 5.74) is 1.06. The quantitative estimate of drug-likeness (QED) is 0.487. The summed E-state index contributed by atoms with van der Waals surface area (Å²) >= 11 is 0.847. The van der Waals surface area contributed by atoms with Crippen LogP contribution >= 0.6 is 9.69 Å². The van der Waals surface area contributed by atoms with E-state index in [0.717, 1.165) is 22.9 Å². The Hall–Kier alpha value is -0.127. The first-order chi connectivity index (χ1) is 4.93. The Bertz CT molecular complexity index is 172. The maximum absolute atomic E-state index is 5.22. The van der Waals surface area contributed by atoms with Crippen molar-refractivity contribution < 1.29 is 17.3 Å². The Balaban J connectivity index is 0.000000371. The second-order valence-electron chi connectivity index (χ2n) is 1.58. The predicted molar refractivity (Wildman–Crippen MR) is 41.1 cm³/mol. The van der Waals surface area contributed by atoms with Gasteiger partial charge in [-0.25, -0.2) is 6.08 Å². The molecule has 0 unspecified atom stereocenters. The number of rotatable bonds is 1. The first kappa shape index (κ1) is 9.87. The molecule has 1 rings (SSSR count). The van der Waals surface area contributed by atoms with Crippen molar-refractivity contribution in [2.24, 2.45) is 0 Å². The molecule has 10 heavy (non-hydrogen) atoms. The van der Waals surface area contributed by atoms with Crippen LogP contribution in [-0.2, 0) is 17.3 Å². The third-order valence-electron chi connectivity index (χ3n) is 0.992. The Kier molecular flexibility index (Phi) is 6.90. The van der Waals surface area contributed by atoms with Crippen molar-refractivity contribution in [1.82, 2.24) is 0 Å². The third kappa shape index (κ3) is 3.82. The van der Waals surface area contributed by atoms with Crippen molar-refractivity contribution in [3.63, 3.8) is 0 Å². The second-order valence-corrected chi connectivity index (χ2v) is 1.58. The van der Waals surface area contributed by atoms with Gasteiger partial charge in [-0.3, -0.25) is 6.58 Å². The van der Waals surface area contributed by atoms with Crippen LogP contribution in [0.3, 0.4) is 0 Å². The van der Waals surface area contributed by atoms with Gasteiger partial charge in [0.2, 0.25) is 0 Å². The molecule has 0 heterocycles. The summed E-state index contributed by atoms with van der Waals surface area (Å²) in [6.07, 6.45) is 1.58. The van der Waals surface area contributed by atoms with Crippen molar-refractivity contribution in [2.75, 3.05) is 0 Å². The van der Waals surface area contributed by atoms with Crippen molar-refractivity contribution >= 4 is 15.8 Å². The van der Waals surface area contributed by atoms with E-state index in [1.807, 2.05) is 30.3 Å². The van der Waals surface area contributed by atoms with Gasteiger partial charge < -0.3 is 0 Å². The van der Waals surface area contributed by atoms with E-state index in [4.69, 9.17) is 16.3 Å². The first-order valence-electron chi connectivity index (χ1n) is 2.80. The fourth-order valence-corrected chi connectivity index (χ4v) is 0.564. The maximum atomic E-state index is 5.22. The number of hydrogen-bond donors (Lipinski definition) is 0. The van der Waals surface area contributed by atoms with Crippen molar-refractivity contribution in [3.05, 3.63) is 42.5 Å². The Morgan fingerprint density at radius 3 is 2.00 bits per heavy atom. The zero-order valence-corrected chi connectivity index (χ0v) is 9.35. The molecule has 0 nitrogen and oxygen atoms in total. The molecule has 0 N–H and O–H groups in total. The summed E-state index contributed by atoms with van der Waals surface area (Å²) in [5, 5.41) is 0. The molecule has 48 valence electrons. The van der Waals surface area contributed by atoms with Crippen molar-refractivity contribution in [3.8, 4) is 0 Å². The average Bonchev–Trinajstić information content (AvgIpc) is 2.10. The van der Waals surface area contributed by atoms with E-state index in [0.29, 0.717) is 0 Å². The molecule has 0 fully saturated rings. The van der Waals surface area contributed by atoms with Crippen LogP contribution in [-0.4, -0.2) is 0 Å². The van der Waals surface area contributed by atoms with E-state index < -0.39 is 0 Å². The molecule has 0 saturated heterocycles. The van der Waals surface area contributed by atoms with Crippen LogP contribution in [0.2, 0.25) is 0 Å². The number of halogens is 1. The van der Waals surface area contributed by atoms with Crippen LogP contribution in [0.1, 0.15) is 5.56 Å². The van der Waals surface area contributed by atoms with E-state index >= 15 is 0 Å². The van der Waals surface area contributed by atoms with Gasteiger partial charge >= 0.3 is 27.0 Å². The van der Waals surface area contributed by atoms with Crippen LogP contribution in [0.5, 0.6) is 0 Å². The van der Waals surface area contributed by atoms with Crippen LogP contribution in [0.4, 0.5) is 0 Å². The third-order valence-corrected chi connectivity index (χ3v) is 0.992. The van der Waals surface area contributed by atoms with E-state index in [1.165, 1.54) is 0 Å². The summed E-state index contributed by atoms with van der Waals surface area (Å²) in [6.45, 7) is 5.22. The molecule has 0 aliphatic heterocycles. The van der Waals surface area contributed by atoms with Gasteiger partial charge in [-0.15, -0.1) is 12.1 Å². The van der Waals surface area contributed by atoms with Gasteiger partial charge in [-0.2, -0.15) is 5.56 Å². The fourth-order valence-electron chi connectivity index (χ4n) is 0.564.